The summed E-state index contributed by atoms with van der Waals surface area (Å²) in [4.78, 5) is 13.7. The number of hydrogen-bond acceptors (Lipinski definition) is 9. The first-order chi connectivity index (χ1) is 21.4. The van der Waals surface area contributed by atoms with Crippen LogP contribution in [-0.2, 0) is 19.0 Å². The molecule has 4 fully saturated rings. The Hall–Kier alpha value is -1.17. The third kappa shape index (κ3) is 5.49. The zero-order chi connectivity index (χ0) is 34.0. The van der Waals surface area contributed by atoms with Gasteiger partial charge in [-0.3, -0.25) is 0 Å². The van der Waals surface area contributed by atoms with Gasteiger partial charge in [0.2, 0.25) is 0 Å². The Morgan fingerprint density at radius 3 is 2.33 bits per heavy atom. The van der Waals surface area contributed by atoms with Crippen molar-refractivity contribution in [1.82, 2.24) is 0 Å². The Balaban J connectivity index is 1.57. The number of allylic oxidation sites excluding steroid dienone is 1. The van der Waals surface area contributed by atoms with Crippen molar-refractivity contribution in [3.8, 4) is 0 Å². The smallest absolute Gasteiger partial charge is 0.187 e. The van der Waals surface area contributed by atoms with Crippen molar-refractivity contribution in [2.75, 3.05) is 13.7 Å². The predicted octanol–water partition coefficient (Wildman–Crippen LogP) is 3.93. The molecule has 1 heterocycles. The molecule has 5 rings (SSSR count). The van der Waals surface area contributed by atoms with Crippen LogP contribution in [0.2, 0.25) is 0 Å². The summed E-state index contributed by atoms with van der Waals surface area (Å²) in [6.45, 7) is 14.7. The van der Waals surface area contributed by atoms with E-state index in [0.29, 0.717) is 31.1 Å². The second-order valence-electron chi connectivity index (χ2n) is 16.9. The largest absolute Gasteiger partial charge is 0.394 e. The quantitative estimate of drug-likeness (QED) is 0.185. The summed E-state index contributed by atoms with van der Waals surface area (Å²) in [5.41, 5.74) is -1.05. The molecule has 0 aromatic carbocycles. The van der Waals surface area contributed by atoms with Gasteiger partial charge >= 0.3 is 0 Å². The number of methoxy groups -OCH3 is 1. The van der Waals surface area contributed by atoms with Gasteiger partial charge in [0, 0.05) is 23.9 Å². The number of aliphatic hydroxyl groups excluding tert-OH is 5. The lowest BCUT2D eigenvalue weighted by molar-refractivity contribution is -0.321. The molecule has 46 heavy (non-hydrogen) atoms. The number of aldehydes is 1. The molecular weight excluding hydrogens is 588 g/mol. The van der Waals surface area contributed by atoms with Crippen molar-refractivity contribution in [3.05, 3.63) is 23.8 Å². The Morgan fingerprint density at radius 1 is 1.00 bits per heavy atom. The second kappa shape index (κ2) is 12.6. The van der Waals surface area contributed by atoms with Gasteiger partial charge in [-0.1, -0.05) is 58.4 Å². The molecule has 14 atom stereocenters. The highest BCUT2D eigenvalue weighted by Gasteiger charge is 2.71. The summed E-state index contributed by atoms with van der Waals surface area (Å²) in [5, 5.41) is 53.1. The third-order valence-corrected chi connectivity index (χ3v) is 14.0. The molecule has 0 spiro atoms. The Bertz CT molecular complexity index is 1180. The van der Waals surface area contributed by atoms with Crippen molar-refractivity contribution >= 4 is 6.29 Å². The topological polar surface area (TPSA) is 146 Å². The molecule has 4 aliphatic carbocycles. The SMILES string of the molecule is COC(C)(C)/C=C/C[C@@H](C)[C@H]1CC[C@@]2(C)[C@@H]3[C@H](O[C@@H]4O[C@H](CO)[C@@H](O)[C@H](O)[C@H]4O)C=C4[C@@H](CC[C@H](O)C4(C)C)[C@]3(C=O)CC[C@]12C. The van der Waals surface area contributed by atoms with E-state index in [1.165, 1.54) is 6.29 Å². The third-order valence-electron chi connectivity index (χ3n) is 14.0. The maximum absolute atomic E-state index is 13.7. The van der Waals surface area contributed by atoms with Crippen LogP contribution in [0.4, 0.5) is 0 Å². The van der Waals surface area contributed by atoms with E-state index in [1.54, 1.807) is 7.11 Å². The van der Waals surface area contributed by atoms with E-state index in [1.807, 2.05) is 27.7 Å². The van der Waals surface area contributed by atoms with Crippen LogP contribution in [0.5, 0.6) is 0 Å². The summed E-state index contributed by atoms with van der Waals surface area (Å²) >= 11 is 0. The second-order valence-corrected chi connectivity index (χ2v) is 16.9. The fourth-order valence-electron chi connectivity index (χ4n) is 10.8. The summed E-state index contributed by atoms with van der Waals surface area (Å²) in [5.74, 6) is 0.534. The van der Waals surface area contributed by atoms with Crippen molar-refractivity contribution in [2.45, 2.75) is 142 Å². The van der Waals surface area contributed by atoms with Gasteiger partial charge in [-0.15, -0.1) is 0 Å². The molecular formula is C37H60O9. The van der Waals surface area contributed by atoms with E-state index in [0.717, 1.165) is 31.3 Å². The highest BCUT2D eigenvalue weighted by molar-refractivity contribution is 5.65. The summed E-state index contributed by atoms with van der Waals surface area (Å²) in [6.07, 6.45) is 5.19. The first-order valence-electron chi connectivity index (χ1n) is 17.5. The molecule has 0 unspecified atom stereocenters. The minimum Gasteiger partial charge on any atom is -0.394 e. The molecule has 0 bridgehead atoms. The van der Waals surface area contributed by atoms with E-state index < -0.39 is 60.4 Å². The highest BCUT2D eigenvalue weighted by atomic mass is 16.7. The van der Waals surface area contributed by atoms with Crippen LogP contribution in [0.3, 0.4) is 0 Å². The van der Waals surface area contributed by atoms with E-state index in [9.17, 15) is 30.3 Å². The first kappa shape index (κ1) is 36.1. The summed E-state index contributed by atoms with van der Waals surface area (Å²) < 4.78 is 18.2. The van der Waals surface area contributed by atoms with Crippen LogP contribution in [0.25, 0.3) is 0 Å². The van der Waals surface area contributed by atoms with E-state index in [-0.39, 0.29) is 28.3 Å². The van der Waals surface area contributed by atoms with Crippen LogP contribution in [-0.4, -0.2) is 94.1 Å². The number of rotatable bonds is 9. The van der Waals surface area contributed by atoms with Crippen LogP contribution >= 0.6 is 0 Å². The van der Waals surface area contributed by atoms with Gasteiger partial charge in [0.15, 0.2) is 6.29 Å². The van der Waals surface area contributed by atoms with Gasteiger partial charge in [-0.25, -0.2) is 0 Å². The van der Waals surface area contributed by atoms with E-state index >= 15 is 0 Å². The molecule has 5 aliphatic rings. The Kier molecular flexibility index (Phi) is 9.91. The fraction of sp³-hybridized carbons (Fsp3) is 0.865. The van der Waals surface area contributed by atoms with Gasteiger partial charge in [0.05, 0.1) is 24.4 Å². The normalized spacial score (nSPS) is 47.9. The first-order valence-corrected chi connectivity index (χ1v) is 17.5. The number of hydrogen-bond donors (Lipinski definition) is 5. The number of ether oxygens (including phenoxy) is 3. The summed E-state index contributed by atoms with van der Waals surface area (Å²) in [6, 6.07) is 0. The van der Waals surface area contributed by atoms with Crippen molar-refractivity contribution in [1.29, 1.82) is 0 Å². The van der Waals surface area contributed by atoms with Gasteiger partial charge in [0.1, 0.15) is 30.7 Å². The molecule has 9 nitrogen and oxygen atoms in total. The maximum atomic E-state index is 13.7. The fourth-order valence-corrected chi connectivity index (χ4v) is 10.8. The molecule has 3 saturated carbocycles. The minimum atomic E-state index is -1.57. The molecule has 9 heteroatoms. The molecule has 1 aliphatic heterocycles. The van der Waals surface area contributed by atoms with Crippen molar-refractivity contribution in [2.24, 2.45) is 45.3 Å². The van der Waals surface area contributed by atoms with Crippen LogP contribution in [0.1, 0.15) is 93.4 Å². The van der Waals surface area contributed by atoms with E-state index in [4.69, 9.17) is 14.2 Å². The maximum Gasteiger partial charge on any atom is 0.187 e. The lowest BCUT2D eigenvalue weighted by Gasteiger charge is -2.66. The molecule has 0 aromatic rings. The molecule has 262 valence electrons. The zero-order valence-corrected chi connectivity index (χ0v) is 29.2. The Labute approximate surface area is 275 Å². The van der Waals surface area contributed by atoms with E-state index in [2.05, 4.69) is 39.0 Å². The average molecular weight is 649 g/mol. The number of carbonyl (C=O) groups is 1. The lowest BCUT2D eigenvalue weighted by Crippen LogP contribution is -2.66. The standard InChI is InChI=1S/C37H60O9/c1-21(10-9-14-33(2,3)44-8)22-13-15-36(7)31-25(45-32-30(43)29(42)28(41)26(19-38)46-32)18-24-23(11-12-27(40)34(24,4)5)37(31,20-39)17-16-35(22,36)6/h9,14,18,20-23,25-32,38,40-43H,10-13,15-17,19H2,1-8H3/b14-9+/t21-,22-,23-,25-,26-,27+,28-,29+,30-,31+,32-,35-,36+,37-/m1/s1. The Morgan fingerprint density at radius 2 is 1.70 bits per heavy atom. The lowest BCUT2D eigenvalue weighted by atomic mass is 9.38. The van der Waals surface area contributed by atoms with Gasteiger partial charge in [0.25, 0.3) is 0 Å². The van der Waals surface area contributed by atoms with Gasteiger partial charge < -0.3 is 44.5 Å². The summed E-state index contributed by atoms with van der Waals surface area (Å²) in [7, 11) is 1.72. The molecule has 5 N–H and O–H groups in total. The molecule has 0 aromatic heterocycles. The predicted molar refractivity (Wildman–Crippen MR) is 173 cm³/mol. The molecule has 0 amide bonds. The van der Waals surface area contributed by atoms with Crippen molar-refractivity contribution in [3.63, 3.8) is 0 Å². The number of carbonyl (C=O) groups excluding carboxylic acids is 1. The average Bonchev–Trinajstić information content (AvgIpc) is 3.29. The minimum absolute atomic E-state index is 0.0416. The van der Waals surface area contributed by atoms with Crippen LogP contribution in [0, 0.1) is 45.3 Å². The van der Waals surface area contributed by atoms with Gasteiger partial charge in [-0.2, -0.15) is 0 Å². The zero-order valence-electron chi connectivity index (χ0n) is 29.2. The van der Waals surface area contributed by atoms with Gasteiger partial charge in [-0.05, 0) is 87.4 Å². The monoisotopic (exact) mass is 648 g/mol. The number of aliphatic hydroxyl groups is 5. The highest BCUT2D eigenvalue weighted by Crippen LogP contribution is 2.75. The van der Waals surface area contributed by atoms with Crippen molar-refractivity contribution < 1.29 is 44.5 Å². The van der Waals surface area contributed by atoms with Crippen LogP contribution in [0.15, 0.2) is 23.8 Å². The molecule has 1 saturated heterocycles. The molecule has 0 radical (unpaired) electrons. The number of fused-ring (bicyclic) bond motifs is 5. The van der Waals surface area contributed by atoms with Crippen LogP contribution < -0.4 is 0 Å².